The first-order valence-electron chi connectivity index (χ1n) is 8.14. The summed E-state index contributed by atoms with van der Waals surface area (Å²) in [6.45, 7) is 13.0. The summed E-state index contributed by atoms with van der Waals surface area (Å²) >= 11 is 0. The van der Waals surface area contributed by atoms with Crippen molar-refractivity contribution < 1.29 is 0 Å². The molecule has 1 N–H and O–H groups in total. The average Bonchev–Trinajstić information content (AvgIpc) is 2.39. The van der Waals surface area contributed by atoms with Crippen LogP contribution < -0.4 is 5.32 Å². The Morgan fingerprint density at radius 3 is 2.33 bits per heavy atom. The Morgan fingerprint density at radius 2 is 1.83 bits per heavy atom. The number of hydrogen-bond donors (Lipinski definition) is 1. The fourth-order valence-corrected chi connectivity index (χ4v) is 2.90. The fraction of sp³-hybridized carbons (Fsp3) is 1.00. The van der Waals surface area contributed by atoms with Crippen molar-refractivity contribution in [1.29, 1.82) is 0 Å². The van der Waals surface area contributed by atoms with E-state index in [4.69, 9.17) is 0 Å². The maximum absolute atomic E-state index is 3.81. The minimum atomic E-state index is 0.721. The molecule has 1 atom stereocenters. The second kappa shape index (κ2) is 8.92. The molecule has 1 saturated heterocycles. The van der Waals surface area contributed by atoms with Crippen molar-refractivity contribution in [3.8, 4) is 0 Å². The Labute approximate surface area is 115 Å². The van der Waals surface area contributed by atoms with Crippen LogP contribution in [0.4, 0.5) is 0 Å². The number of rotatable bonds is 8. The van der Waals surface area contributed by atoms with Crippen molar-refractivity contribution in [3.05, 3.63) is 0 Å². The first kappa shape index (κ1) is 16.0. The first-order chi connectivity index (χ1) is 8.67. The van der Waals surface area contributed by atoms with E-state index in [0.717, 1.165) is 18.0 Å². The largest absolute Gasteiger partial charge is 0.314 e. The molecule has 0 unspecified atom stereocenters. The summed E-state index contributed by atoms with van der Waals surface area (Å²) in [5.74, 6) is 0.896. The molecular weight excluding hydrogens is 220 g/mol. The zero-order valence-corrected chi connectivity index (χ0v) is 13.0. The predicted octanol–water partition coefficient (Wildman–Crippen LogP) is 3.67. The third-order valence-corrected chi connectivity index (χ3v) is 4.50. The van der Waals surface area contributed by atoms with Crippen molar-refractivity contribution >= 4 is 0 Å². The van der Waals surface area contributed by atoms with Gasteiger partial charge in [-0.25, -0.2) is 0 Å². The van der Waals surface area contributed by atoms with Crippen molar-refractivity contribution in [1.82, 2.24) is 10.2 Å². The number of nitrogens with zero attached hydrogens (tertiary/aromatic N) is 1. The molecule has 2 heteroatoms. The smallest absolute Gasteiger partial charge is 0.00915 e. The van der Waals surface area contributed by atoms with Gasteiger partial charge in [0.2, 0.25) is 0 Å². The highest BCUT2D eigenvalue weighted by Crippen LogP contribution is 2.15. The molecule has 0 radical (unpaired) electrons. The summed E-state index contributed by atoms with van der Waals surface area (Å²) in [6, 6.07) is 1.49. The second-order valence-corrected chi connectivity index (χ2v) is 6.23. The number of hydrogen-bond acceptors (Lipinski definition) is 2. The summed E-state index contributed by atoms with van der Waals surface area (Å²) in [6.07, 6.45) is 8.14. The van der Waals surface area contributed by atoms with Crippen LogP contribution in [0.3, 0.4) is 0 Å². The maximum Gasteiger partial charge on any atom is 0.00915 e. The lowest BCUT2D eigenvalue weighted by Gasteiger charge is -2.35. The van der Waals surface area contributed by atoms with Crippen molar-refractivity contribution in [3.63, 3.8) is 0 Å². The van der Waals surface area contributed by atoms with Gasteiger partial charge in [0, 0.05) is 12.1 Å². The number of likely N-dealkylation sites (tertiary alicyclic amines) is 1. The molecule has 0 amide bonds. The molecule has 0 aromatic heterocycles. The lowest BCUT2D eigenvalue weighted by Crippen LogP contribution is -2.45. The summed E-state index contributed by atoms with van der Waals surface area (Å²) < 4.78 is 0. The fourth-order valence-electron chi connectivity index (χ4n) is 2.90. The summed E-state index contributed by atoms with van der Waals surface area (Å²) in [5, 5.41) is 3.81. The quantitative estimate of drug-likeness (QED) is 0.711. The normalized spacial score (nSPS) is 20.5. The lowest BCUT2D eigenvalue weighted by atomic mass is 9.97. The van der Waals surface area contributed by atoms with Crippen molar-refractivity contribution in [2.75, 3.05) is 19.6 Å². The average molecular weight is 254 g/mol. The number of unbranched alkanes of at least 4 members (excludes halogenated alkanes) is 1. The van der Waals surface area contributed by atoms with E-state index in [1.54, 1.807) is 0 Å². The van der Waals surface area contributed by atoms with Gasteiger partial charge in [-0.1, -0.05) is 33.1 Å². The Bertz CT molecular complexity index is 195. The molecule has 0 saturated carbocycles. The molecule has 1 rings (SSSR count). The Morgan fingerprint density at radius 1 is 1.17 bits per heavy atom. The summed E-state index contributed by atoms with van der Waals surface area (Å²) in [7, 11) is 0. The third-order valence-electron chi connectivity index (χ3n) is 4.50. The van der Waals surface area contributed by atoms with Crippen LogP contribution in [0.25, 0.3) is 0 Å². The van der Waals surface area contributed by atoms with E-state index in [0.29, 0.717) is 0 Å². The van der Waals surface area contributed by atoms with Gasteiger partial charge in [0.05, 0.1) is 0 Å². The summed E-state index contributed by atoms with van der Waals surface area (Å²) in [5.41, 5.74) is 0. The van der Waals surface area contributed by atoms with E-state index in [-0.39, 0.29) is 0 Å². The highest BCUT2D eigenvalue weighted by atomic mass is 15.2. The first-order valence-corrected chi connectivity index (χ1v) is 8.14. The van der Waals surface area contributed by atoms with Gasteiger partial charge in [-0.2, -0.15) is 0 Å². The Hall–Kier alpha value is -0.0800. The molecule has 1 fully saturated rings. The molecule has 0 aliphatic carbocycles. The minimum Gasteiger partial charge on any atom is -0.314 e. The minimum absolute atomic E-state index is 0.721. The van der Waals surface area contributed by atoms with Gasteiger partial charge in [0.1, 0.15) is 0 Å². The van der Waals surface area contributed by atoms with Gasteiger partial charge in [0.15, 0.2) is 0 Å². The van der Waals surface area contributed by atoms with Crippen LogP contribution in [-0.4, -0.2) is 36.6 Å². The molecule has 108 valence electrons. The zero-order chi connectivity index (χ0) is 13.4. The molecule has 0 bridgehead atoms. The highest BCUT2D eigenvalue weighted by molar-refractivity contribution is 4.79. The van der Waals surface area contributed by atoms with Crippen molar-refractivity contribution in [2.45, 2.75) is 78.3 Å². The van der Waals surface area contributed by atoms with E-state index < -0.39 is 0 Å². The van der Waals surface area contributed by atoms with Gasteiger partial charge in [-0.3, -0.25) is 0 Å². The molecule has 0 aromatic rings. The van der Waals surface area contributed by atoms with E-state index >= 15 is 0 Å². The van der Waals surface area contributed by atoms with E-state index in [1.165, 1.54) is 58.2 Å². The standard InChI is InChI=1S/C16H34N2/c1-5-7-8-15(6-2)13-17-16-9-11-18(12-10-16)14(3)4/h14-17H,5-13H2,1-4H3/t15-/m1/s1. The molecule has 0 aromatic carbocycles. The third kappa shape index (κ3) is 5.71. The Balaban J connectivity index is 2.16. The summed E-state index contributed by atoms with van der Waals surface area (Å²) in [4.78, 5) is 2.60. The van der Waals surface area contributed by atoms with Crippen LogP contribution in [0.1, 0.15) is 66.2 Å². The van der Waals surface area contributed by atoms with E-state index in [9.17, 15) is 0 Å². The van der Waals surface area contributed by atoms with Crippen LogP contribution in [0.2, 0.25) is 0 Å². The molecular formula is C16H34N2. The van der Waals surface area contributed by atoms with Crippen LogP contribution in [0, 0.1) is 5.92 Å². The lowest BCUT2D eigenvalue weighted by molar-refractivity contribution is 0.158. The topological polar surface area (TPSA) is 15.3 Å². The van der Waals surface area contributed by atoms with Crippen LogP contribution >= 0.6 is 0 Å². The van der Waals surface area contributed by atoms with Crippen LogP contribution in [0.5, 0.6) is 0 Å². The molecule has 18 heavy (non-hydrogen) atoms. The van der Waals surface area contributed by atoms with Gasteiger partial charge in [0.25, 0.3) is 0 Å². The molecule has 1 aliphatic heterocycles. The molecule has 0 spiro atoms. The van der Waals surface area contributed by atoms with Crippen LogP contribution in [0.15, 0.2) is 0 Å². The number of piperidine rings is 1. The highest BCUT2D eigenvalue weighted by Gasteiger charge is 2.20. The van der Waals surface area contributed by atoms with E-state index in [1.807, 2.05) is 0 Å². The molecule has 1 heterocycles. The molecule has 2 nitrogen and oxygen atoms in total. The molecule has 1 aliphatic rings. The maximum atomic E-state index is 3.81. The van der Waals surface area contributed by atoms with Crippen molar-refractivity contribution in [2.24, 2.45) is 5.92 Å². The number of nitrogens with one attached hydrogen (secondary N) is 1. The van der Waals surface area contributed by atoms with Gasteiger partial charge in [-0.15, -0.1) is 0 Å². The zero-order valence-electron chi connectivity index (χ0n) is 13.0. The van der Waals surface area contributed by atoms with Crippen LogP contribution in [-0.2, 0) is 0 Å². The monoisotopic (exact) mass is 254 g/mol. The van der Waals surface area contributed by atoms with Gasteiger partial charge < -0.3 is 10.2 Å². The SMILES string of the molecule is CCCC[C@@H](CC)CNC1CCN(C(C)C)CC1. The van der Waals surface area contributed by atoms with Gasteiger partial charge in [-0.05, 0) is 58.7 Å². The predicted molar refractivity (Wildman–Crippen MR) is 81.0 cm³/mol. The Kier molecular flexibility index (Phi) is 7.92. The van der Waals surface area contributed by atoms with E-state index in [2.05, 4.69) is 37.9 Å². The van der Waals surface area contributed by atoms with Gasteiger partial charge >= 0.3 is 0 Å². The second-order valence-electron chi connectivity index (χ2n) is 6.23.